The van der Waals surface area contributed by atoms with Crippen LogP contribution in [0.4, 0.5) is 5.69 Å². The highest BCUT2D eigenvalue weighted by atomic mass is 32.1. The molecule has 0 atom stereocenters. The van der Waals surface area contributed by atoms with Crippen molar-refractivity contribution < 1.29 is 9.53 Å². The van der Waals surface area contributed by atoms with Crippen molar-refractivity contribution in [2.45, 2.75) is 38.5 Å². The average molecular weight is 450 g/mol. The van der Waals surface area contributed by atoms with Crippen LogP contribution < -0.4 is 10.1 Å². The number of amides is 1. The summed E-state index contributed by atoms with van der Waals surface area (Å²) in [5, 5.41) is 6.03. The predicted octanol–water partition coefficient (Wildman–Crippen LogP) is 6.05. The molecule has 1 saturated heterocycles. The maximum atomic E-state index is 13.0. The van der Waals surface area contributed by atoms with Crippen molar-refractivity contribution in [2.24, 2.45) is 0 Å². The lowest BCUT2D eigenvalue weighted by molar-refractivity contribution is 0.102. The van der Waals surface area contributed by atoms with E-state index in [0.717, 1.165) is 47.8 Å². The quantitative estimate of drug-likeness (QED) is 0.455. The molecule has 1 aromatic heterocycles. The summed E-state index contributed by atoms with van der Waals surface area (Å²) >= 11 is 1.61. The number of nitrogens with one attached hydrogen (secondary N) is 1. The van der Waals surface area contributed by atoms with E-state index < -0.39 is 0 Å². The molecule has 0 bridgehead atoms. The summed E-state index contributed by atoms with van der Waals surface area (Å²) in [5.41, 5.74) is 3.20. The molecule has 4 rings (SSSR count). The van der Waals surface area contributed by atoms with Gasteiger partial charge in [0.05, 0.1) is 17.8 Å². The number of thiazole rings is 1. The number of hydrogen-bond donors (Lipinski definition) is 1. The second-order valence-corrected chi connectivity index (χ2v) is 9.16. The number of carbonyl (C=O) groups excluding carboxylic acids is 1. The van der Waals surface area contributed by atoms with Gasteiger partial charge in [-0.05, 0) is 56.6 Å². The van der Waals surface area contributed by atoms with Crippen LogP contribution in [0.1, 0.15) is 54.0 Å². The number of piperidine rings is 1. The Hall–Kier alpha value is -2.70. The molecule has 1 N–H and O–H groups in total. The van der Waals surface area contributed by atoms with Crippen LogP contribution in [-0.2, 0) is 0 Å². The summed E-state index contributed by atoms with van der Waals surface area (Å²) in [4.78, 5) is 20.3. The summed E-state index contributed by atoms with van der Waals surface area (Å²) in [5.74, 6) is 0.975. The molecule has 1 fully saturated rings. The molecule has 32 heavy (non-hydrogen) atoms. The Morgan fingerprint density at radius 3 is 2.69 bits per heavy atom. The Balaban J connectivity index is 1.46. The number of benzene rings is 2. The van der Waals surface area contributed by atoms with Crippen LogP contribution in [0.2, 0.25) is 0 Å². The van der Waals surface area contributed by atoms with Gasteiger partial charge < -0.3 is 15.0 Å². The van der Waals surface area contributed by atoms with Crippen molar-refractivity contribution in [2.75, 3.05) is 32.1 Å². The summed E-state index contributed by atoms with van der Waals surface area (Å²) in [6.45, 7) is 5.67. The van der Waals surface area contributed by atoms with Gasteiger partial charge in [-0.15, -0.1) is 11.3 Å². The Morgan fingerprint density at radius 1 is 1.19 bits per heavy atom. The van der Waals surface area contributed by atoms with E-state index in [4.69, 9.17) is 9.72 Å². The number of carbonyl (C=O) groups is 1. The van der Waals surface area contributed by atoms with Gasteiger partial charge in [0.15, 0.2) is 0 Å². The fraction of sp³-hybridized carbons (Fsp3) is 0.385. The van der Waals surface area contributed by atoms with Gasteiger partial charge in [-0.3, -0.25) is 4.79 Å². The van der Waals surface area contributed by atoms with E-state index >= 15 is 0 Å². The van der Waals surface area contributed by atoms with Gasteiger partial charge in [-0.2, -0.15) is 0 Å². The zero-order valence-electron chi connectivity index (χ0n) is 18.8. The van der Waals surface area contributed by atoms with Crippen LogP contribution in [-0.4, -0.2) is 42.5 Å². The maximum absolute atomic E-state index is 13.0. The molecule has 1 aliphatic rings. The van der Waals surface area contributed by atoms with Crippen molar-refractivity contribution in [1.29, 1.82) is 0 Å². The van der Waals surface area contributed by atoms with Crippen LogP contribution in [0.25, 0.3) is 11.1 Å². The minimum absolute atomic E-state index is 0.182. The molecule has 1 amide bonds. The van der Waals surface area contributed by atoms with E-state index in [1.54, 1.807) is 18.4 Å². The minimum Gasteiger partial charge on any atom is -0.497 e. The van der Waals surface area contributed by atoms with Gasteiger partial charge in [0, 0.05) is 22.9 Å². The van der Waals surface area contributed by atoms with Crippen molar-refractivity contribution in [3.63, 3.8) is 0 Å². The van der Waals surface area contributed by atoms with Gasteiger partial charge >= 0.3 is 0 Å². The first-order valence-electron chi connectivity index (χ1n) is 11.4. The Morgan fingerprint density at radius 2 is 1.97 bits per heavy atom. The Kier molecular flexibility index (Phi) is 7.55. The second kappa shape index (κ2) is 10.7. The summed E-state index contributed by atoms with van der Waals surface area (Å²) in [6, 6.07) is 15.8. The molecule has 5 nitrogen and oxygen atoms in total. The fourth-order valence-electron chi connectivity index (χ4n) is 4.17. The van der Waals surface area contributed by atoms with E-state index in [1.165, 1.54) is 19.4 Å². The molecule has 0 unspecified atom stereocenters. The zero-order chi connectivity index (χ0) is 22.3. The molecule has 0 spiro atoms. The number of hydrogen-bond acceptors (Lipinski definition) is 5. The maximum Gasteiger partial charge on any atom is 0.275 e. The molecule has 0 aliphatic carbocycles. The van der Waals surface area contributed by atoms with E-state index in [2.05, 4.69) is 17.1 Å². The third kappa shape index (κ3) is 5.37. The van der Waals surface area contributed by atoms with Gasteiger partial charge in [0.25, 0.3) is 5.91 Å². The first-order chi connectivity index (χ1) is 15.7. The number of methoxy groups -OCH3 is 1. The van der Waals surface area contributed by atoms with Gasteiger partial charge in [-0.1, -0.05) is 43.7 Å². The van der Waals surface area contributed by atoms with Crippen molar-refractivity contribution in [3.8, 4) is 16.9 Å². The van der Waals surface area contributed by atoms with Gasteiger partial charge in [-0.25, -0.2) is 4.98 Å². The molecular formula is C26H31N3O2S. The summed E-state index contributed by atoms with van der Waals surface area (Å²) in [6.07, 6.45) is 4.74. The normalized spacial score (nSPS) is 14.9. The lowest BCUT2D eigenvalue weighted by atomic mass is 9.97. The Labute approximate surface area is 194 Å². The molecule has 6 heteroatoms. The summed E-state index contributed by atoms with van der Waals surface area (Å²) in [7, 11) is 1.63. The second-order valence-electron chi connectivity index (χ2n) is 8.27. The topological polar surface area (TPSA) is 54.5 Å². The summed E-state index contributed by atoms with van der Waals surface area (Å²) < 4.78 is 5.38. The molecule has 0 radical (unpaired) electrons. The SMILES string of the molecule is CCCCN1CCC(c2nc(C(=O)Nc3cc(OC)ccc3-c3ccccc3)cs2)CC1. The van der Waals surface area contributed by atoms with Crippen LogP contribution in [0.3, 0.4) is 0 Å². The number of likely N-dealkylation sites (tertiary alicyclic amines) is 1. The van der Waals surface area contributed by atoms with Crippen LogP contribution >= 0.6 is 11.3 Å². The largest absolute Gasteiger partial charge is 0.497 e. The number of aromatic nitrogens is 1. The number of ether oxygens (including phenoxy) is 1. The molecule has 168 valence electrons. The highest BCUT2D eigenvalue weighted by Crippen LogP contribution is 2.33. The van der Waals surface area contributed by atoms with Crippen LogP contribution in [0.15, 0.2) is 53.9 Å². The lowest BCUT2D eigenvalue weighted by Crippen LogP contribution is -2.33. The first-order valence-corrected chi connectivity index (χ1v) is 12.3. The standard InChI is InChI=1S/C26H31N3O2S/c1-3-4-14-29-15-12-20(13-16-29)26-28-24(18-32-26)25(30)27-23-17-21(31-2)10-11-22(23)19-8-6-5-7-9-19/h5-11,17-18,20H,3-4,12-16H2,1-2H3,(H,27,30). The van der Waals surface area contributed by atoms with Gasteiger partial charge in [0.1, 0.15) is 11.4 Å². The molecule has 3 aromatic rings. The highest BCUT2D eigenvalue weighted by molar-refractivity contribution is 7.10. The molecular weight excluding hydrogens is 418 g/mol. The zero-order valence-corrected chi connectivity index (χ0v) is 19.7. The van der Waals surface area contributed by atoms with E-state index in [-0.39, 0.29) is 5.91 Å². The average Bonchev–Trinajstić information content (AvgIpc) is 3.34. The first kappa shape index (κ1) is 22.5. The molecule has 2 aromatic carbocycles. The monoisotopic (exact) mass is 449 g/mol. The predicted molar refractivity (Wildman–Crippen MR) is 132 cm³/mol. The highest BCUT2D eigenvalue weighted by Gasteiger charge is 2.24. The minimum atomic E-state index is -0.182. The third-order valence-corrected chi connectivity index (χ3v) is 7.09. The molecule has 0 saturated carbocycles. The number of rotatable bonds is 8. The van der Waals surface area contributed by atoms with Crippen LogP contribution in [0.5, 0.6) is 5.75 Å². The van der Waals surface area contributed by atoms with Crippen molar-refractivity contribution in [1.82, 2.24) is 9.88 Å². The van der Waals surface area contributed by atoms with Crippen LogP contribution in [0, 0.1) is 0 Å². The number of nitrogens with zero attached hydrogens (tertiary/aromatic N) is 2. The fourth-order valence-corrected chi connectivity index (χ4v) is 5.15. The van der Waals surface area contributed by atoms with Crippen molar-refractivity contribution >= 4 is 22.9 Å². The lowest BCUT2D eigenvalue weighted by Gasteiger charge is -2.30. The van der Waals surface area contributed by atoms with Crippen molar-refractivity contribution in [3.05, 3.63) is 64.6 Å². The van der Waals surface area contributed by atoms with E-state index in [1.807, 2.05) is 53.9 Å². The molecule has 1 aliphatic heterocycles. The van der Waals surface area contributed by atoms with E-state index in [9.17, 15) is 4.79 Å². The third-order valence-electron chi connectivity index (χ3n) is 6.08. The smallest absolute Gasteiger partial charge is 0.275 e. The van der Waals surface area contributed by atoms with E-state index in [0.29, 0.717) is 17.4 Å². The molecule has 2 heterocycles. The number of anilines is 1. The Bertz CT molecular complexity index is 1030. The number of unbranched alkanes of at least 4 members (excludes halogenated alkanes) is 1. The van der Waals surface area contributed by atoms with Gasteiger partial charge in [0.2, 0.25) is 0 Å².